The molecule has 1 N–H and O–H groups in total. The van der Waals surface area contributed by atoms with Gasteiger partial charge in [0.05, 0.1) is 18.4 Å². The molecule has 162 valence electrons. The number of Topliss-reactive ketones (excluding diaryl/α,β-unsaturated/α-hetero) is 1. The van der Waals surface area contributed by atoms with Gasteiger partial charge in [-0.15, -0.1) is 0 Å². The summed E-state index contributed by atoms with van der Waals surface area (Å²) in [5.41, 5.74) is 3.96. The molecular formula is C26H23NO5. The predicted octanol–water partition coefficient (Wildman–Crippen LogP) is 4.85. The van der Waals surface area contributed by atoms with E-state index in [0.29, 0.717) is 23.6 Å². The molecule has 2 aromatic carbocycles. The first-order valence-corrected chi connectivity index (χ1v) is 10.6. The highest BCUT2D eigenvalue weighted by molar-refractivity contribution is 6.51. The summed E-state index contributed by atoms with van der Waals surface area (Å²) in [5, 5.41) is 11.3. The Hall–Kier alpha value is -3.80. The lowest BCUT2D eigenvalue weighted by atomic mass is 9.96. The van der Waals surface area contributed by atoms with Gasteiger partial charge < -0.3 is 14.3 Å². The van der Waals surface area contributed by atoms with E-state index in [4.69, 9.17) is 9.15 Å². The lowest BCUT2D eigenvalue weighted by Gasteiger charge is -2.25. The molecule has 32 heavy (non-hydrogen) atoms. The largest absolute Gasteiger partial charge is 0.507 e. The van der Waals surface area contributed by atoms with Gasteiger partial charge in [-0.05, 0) is 79.8 Å². The molecule has 2 aliphatic rings. The topological polar surface area (TPSA) is 80.0 Å². The van der Waals surface area contributed by atoms with E-state index in [0.717, 1.165) is 35.3 Å². The molecule has 1 unspecified atom stereocenters. The molecule has 3 aromatic rings. The van der Waals surface area contributed by atoms with Crippen LogP contribution in [0.3, 0.4) is 0 Å². The standard InChI is InChI=1S/C26H23NO5/c1-15-6-3-8-19(16(15)2)27-23(21-9-5-13-32-21)22(25(29)26(27)30)24(28)18-10-11-20-17(14-18)7-4-12-31-20/h3,5-6,8-11,13-14,23,28H,4,7,12H2,1-2H3/b24-22-. The molecule has 1 saturated heterocycles. The van der Waals surface area contributed by atoms with Gasteiger partial charge in [0.1, 0.15) is 23.3 Å². The summed E-state index contributed by atoms with van der Waals surface area (Å²) in [7, 11) is 0. The summed E-state index contributed by atoms with van der Waals surface area (Å²) in [6.45, 7) is 4.52. The van der Waals surface area contributed by atoms with Gasteiger partial charge in [0, 0.05) is 11.3 Å². The summed E-state index contributed by atoms with van der Waals surface area (Å²) >= 11 is 0. The normalized spacial score (nSPS) is 19.7. The number of ether oxygens (including phenoxy) is 1. The zero-order valence-electron chi connectivity index (χ0n) is 17.9. The summed E-state index contributed by atoms with van der Waals surface area (Å²) in [4.78, 5) is 27.9. The molecule has 0 aliphatic carbocycles. The maximum Gasteiger partial charge on any atom is 0.300 e. The minimum atomic E-state index is -0.863. The molecule has 0 radical (unpaired) electrons. The number of aliphatic hydroxyl groups excluding tert-OH is 1. The molecule has 0 spiro atoms. The molecule has 5 rings (SSSR count). The van der Waals surface area contributed by atoms with Crippen molar-refractivity contribution in [3.63, 3.8) is 0 Å². The molecule has 0 saturated carbocycles. The van der Waals surface area contributed by atoms with Crippen molar-refractivity contribution in [1.29, 1.82) is 0 Å². The number of carbonyl (C=O) groups excluding carboxylic acids is 2. The quantitative estimate of drug-likeness (QED) is 0.366. The molecule has 1 aromatic heterocycles. The zero-order chi connectivity index (χ0) is 22.4. The van der Waals surface area contributed by atoms with Gasteiger partial charge in [0.15, 0.2) is 0 Å². The summed E-state index contributed by atoms with van der Waals surface area (Å²) in [6.07, 6.45) is 3.21. The van der Waals surface area contributed by atoms with E-state index >= 15 is 0 Å². The monoisotopic (exact) mass is 429 g/mol. The van der Waals surface area contributed by atoms with E-state index in [1.165, 1.54) is 11.2 Å². The Morgan fingerprint density at radius 2 is 1.94 bits per heavy atom. The molecule has 1 amide bonds. The number of furan rings is 1. The van der Waals surface area contributed by atoms with Crippen molar-refractivity contribution in [2.24, 2.45) is 0 Å². The van der Waals surface area contributed by atoms with Crippen molar-refractivity contribution in [2.75, 3.05) is 11.5 Å². The van der Waals surface area contributed by atoms with E-state index in [1.54, 1.807) is 30.3 Å². The number of aryl methyl sites for hydroxylation is 2. The van der Waals surface area contributed by atoms with E-state index in [-0.39, 0.29) is 11.3 Å². The van der Waals surface area contributed by atoms with Crippen molar-refractivity contribution in [1.82, 2.24) is 0 Å². The SMILES string of the molecule is Cc1cccc(N2C(=O)C(=O)/C(=C(\O)c3ccc4c(c3)CCCO4)C2c2ccco2)c1C. The number of aliphatic hydroxyl groups is 1. The molecule has 2 aliphatic heterocycles. The lowest BCUT2D eigenvalue weighted by Crippen LogP contribution is -2.30. The number of benzene rings is 2. The number of rotatable bonds is 3. The highest BCUT2D eigenvalue weighted by Gasteiger charge is 2.48. The fraction of sp³-hybridized carbons (Fsp3) is 0.231. The van der Waals surface area contributed by atoms with Crippen LogP contribution in [0.15, 0.2) is 64.8 Å². The van der Waals surface area contributed by atoms with Crippen LogP contribution in [-0.4, -0.2) is 23.4 Å². The highest BCUT2D eigenvalue weighted by atomic mass is 16.5. The number of hydrogen-bond acceptors (Lipinski definition) is 5. The average molecular weight is 429 g/mol. The van der Waals surface area contributed by atoms with Crippen LogP contribution in [0.4, 0.5) is 5.69 Å². The molecular weight excluding hydrogens is 406 g/mol. The Bertz CT molecular complexity index is 1260. The van der Waals surface area contributed by atoms with Gasteiger partial charge in [0.2, 0.25) is 0 Å². The number of fused-ring (bicyclic) bond motifs is 1. The number of hydrogen-bond donors (Lipinski definition) is 1. The molecule has 1 fully saturated rings. The van der Waals surface area contributed by atoms with Gasteiger partial charge in [-0.3, -0.25) is 14.5 Å². The Balaban J connectivity index is 1.70. The maximum atomic E-state index is 13.2. The van der Waals surface area contributed by atoms with E-state index in [9.17, 15) is 14.7 Å². The first kappa shape index (κ1) is 20.1. The van der Waals surface area contributed by atoms with Crippen LogP contribution in [0.5, 0.6) is 5.75 Å². The minimum Gasteiger partial charge on any atom is -0.507 e. The molecule has 1 atom stereocenters. The first-order valence-electron chi connectivity index (χ1n) is 10.6. The second-order valence-electron chi connectivity index (χ2n) is 8.18. The van der Waals surface area contributed by atoms with Crippen LogP contribution in [0.1, 0.15) is 40.5 Å². The Kier molecular flexibility index (Phi) is 4.85. The Morgan fingerprint density at radius 1 is 1.09 bits per heavy atom. The second-order valence-corrected chi connectivity index (χ2v) is 8.18. The van der Waals surface area contributed by atoms with E-state index < -0.39 is 17.7 Å². The van der Waals surface area contributed by atoms with Gasteiger partial charge in [0.25, 0.3) is 11.7 Å². The average Bonchev–Trinajstić information content (AvgIpc) is 3.42. The predicted molar refractivity (Wildman–Crippen MR) is 120 cm³/mol. The fourth-order valence-corrected chi connectivity index (χ4v) is 4.46. The van der Waals surface area contributed by atoms with E-state index in [1.807, 2.05) is 32.0 Å². The first-order chi connectivity index (χ1) is 15.5. The lowest BCUT2D eigenvalue weighted by molar-refractivity contribution is -0.132. The number of ketones is 1. The number of anilines is 1. The van der Waals surface area contributed by atoms with Crippen molar-refractivity contribution < 1.29 is 23.8 Å². The van der Waals surface area contributed by atoms with E-state index in [2.05, 4.69) is 0 Å². The summed E-state index contributed by atoms with van der Waals surface area (Å²) in [5.74, 6) is -0.452. The second kappa shape index (κ2) is 7.71. The molecule has 6 nitrogen and oxygen atoms in total. The van der Waals surface area contributed by atoms with Gasteiger partial charge in [-0.1, -0.05) is 12.1 Å². The minimum absolute atomic E-state index is 0.0162. The van der Waals surface area contributed by atoms with Crippen LogP contribution in [0.2, 0.25) is 0 Å². The fourth-order valence-electron chi connectivity index (χ4n) is 4.46. The van der Waals surface area contributed by atoms with Gasteiger partial charge in [-0.2, -0.15) is 0 Å². The van der Waals surface area contributed by atoms with Crippen molar-refractivity contribution in [3.8, 4) is 5.75 Å². The molecule has 3 heterocycles. The van der Waals surface area contributed by atoms with Crippen molar-refractivity contribution >= 4 is 23.1 Å². The number of carbonyl (C=O) groups is 2. The smallest absolute Gasteiger partial charge is 0.300 e. The third-order valence-electron chi connectivity index (χ3n) is 6.27. The van der Waals surface area contributed by atoms with Crippen LogP contribution in [-0.2, 0) is 16.0 Å². The maximum absolute atomic E-state index is 13.2. The molecule has 6 heteroatoms. The Morgan fingerprint density at radius 3 is 2.72 bits per heavy atom. The van der Waals surface area contributed by atoms with Crippen LogP contribution in [0, 0.1) is 13.8 Å². The Labute approximate surface area is 185 Å². The third-order valence-corrected chi connectivity index (χ3v) is 6.27. The number of amides is 1. The van der Waals surface area contributed by atoms with Gasteiger partial charge in [-0.25, -0.2) is 0 Å². The summed E-state index contributed by atoms with van der Waals surface area (Å²) < 4.78 is 11.3. The summed E-state index contributed by atoms with van der Waals surface area (Å²) in [6, 6.07) is 13.5. The molecule has 0 bridgehead atoms. The van der Waals surface area contributed by atoms with Crippen molar-refractivity contribution in [3.05, 3.63) is 88.4 Å². The number of nitrogens with zero attached hydrogens (tertiary/aromatic N) is 1. The van der Waals surface area contributed by atoms with Crippen LogP contribution >= 0.6 is 0 Å². The zero-order valence-corrected chi connectivity index (χ0v) is 17.9. The van der Waals surface area contributed by atoms with Crippen LogP contribution in [0.25, 0.3) is 5.76 Å². The van der Waals surface area contributed by atoms with Gasteiger partial charge >= 0.3 is 0 Å². The highest BCUT2D eigenvalue weighted by Crippen LogP contribution is 2.44. The van der Waals surface area contributed by atoms with Crippen molar-refractivity contribution in [2.45, 2.75) is 32.7 Å². The third kappa shape index (κ3) is 3.11. The van der Waals surface area contributed by atoms with Crippen LogP contribution < -0.4 is 9.64 Å².